The summed E-state index contributed by atoms with van der Waals surface area (Å²) < 4.78 is 0. The molecule has 0 radical (unpaired) electrons. The van der Waals surface area contributed by atoms with Crippen molar-refractivity contribution >= 4 is 11.9 Å². The Morgan fingerprint density at radius 2 is 2.27 bits per heavy atom. The van der Waals surface area contributed by atoms with E-state index in [1.54, 1.807) is 6.92 Å². The first-order valence-electron chi connectivity index (χ1n) is 2.97. The second-order valence-electron chi connectivity index (χ2n) is 1.97. The molecule has 0 aliphatic heterocycles. The predicted molar refractivity (Wildman–Crippen MR) is 38.4 cm³/mol. The Bertz CT molecular complexity index is 257. The van der Waals surface area contributed by atoms with Gasteiger partial charge in [-0.1, -0.05) is 0 Å². The minimum Gasteiger partial charge on any atom is -0.465 e. The van der Waals surface area contributed by atoms with E-state index in [4.69, 9.17) is 5.11 Å². The Morgan fingerprint density at radius 3 is 2.73 bits per heavy atom. The van der Waals surface area contributed by atoms with Gasteiger partial charge in [0.15, 0.2) is 5.82 Å². The fraction of sp³-hybridized carbons (Fsp3) is 0.167. The molecule has 0 spiro atoms. The van der Waals surface area contributed by atoms with Gasteiger partial charge in [0, 0.05) is 0 Å². The van der Waals surface area contributed by atoms with Crippen LogP contribution in [0.25, 0.3) is 0 Å². The van der Waals surface area contributed by atoms with Gasteiger partial charge in [-0.2, -0.15) is 0 Å². The lowest BCUT2D eigenvalue weighted by Crippen LogP contribution is -2.08. The summed E-state index contributed by atoms with van der Waals surface area (Å²) in [5.41, 5.74) is 0.751. The summed E-state index contributed by atoms with van der Waals surface area (Å²) in [6, 6.07) is 0. The van der Waals surface area contributed by atoms with Gasteiger partial charge in [-0.05, 0) is 6.92 Å². The third-order valence-electron chi connectivity index (χ3n) is 1.02. The number of aryl methyl sites for hydroxylation is 1. The molecule has 0 saturated heterocycles. The largest absolute Gasteiger partial charge is 0.465 e. The van der Waals surface area contributed by atoms with E-state index < -0.39 is 6.09 Å². The molecule has 58 valence electrons. The minimum absolute atomic E-state index is 0.239. The van der Waals surface area contributed by atoms with Crippen LogP contribution in [0.4, 0.5) is 10.6 Å². The van der Waals surface area contributed by atoms with Crippen molar-refractivity contribution in [2.75, 3.05) is 5.32 Å². The van der Waals surface area contributed by atoms with Gasteiger partial charge < -0.3 is 5.11 Å². The van der Waals surface area contributed by atoms with Crippen molar-refractivity contribution in [1.29, 1.82) is 0 Å². The Hall–Kier alpha value is -1.65. The van der Waals surface area contributed by atoms with E-state index in [-0.39, 0.29) is 5.82 Å². The Balaban J connectivity index is 2.74. The maximum atomic E-state index is 10.1. The second kappa shape index (κ2) is 2.96. The number of hydrogen-bond donors (Lipinski definition) is 2. The van der Waals surface area contributed by atoms with Crippen molar-refractivity contribution < 1.29 is 9.90 Å². The summed E-state index contributed by atoms with van der Waals surface area (Å²) in [5, 5.41) is 10.3. The quantitative estimate of drug-likeness (QED) is 0.627. The summed E-state index contributed by atoms with van der Waals surface area (Å²) in [6.07, 6.45) is 1.72. The van der Waals surface area contributed by atoms with Crippen molar-refractivity contribution in [1.82, 2.24) is 9.97 Å². The lowest BCUT2D eigenvalue weighted by molar-refractivity contribution is 0.209. The molecule has 1 amide bonds. The maximum Gasteiger partial charge on any atom is 0.410 e. The van der Waals surface area contributed by atoms with E-state index in [9.17, 15) is 4.79 Å². The molecule has 1 rings (SSSR count). The van der Waals surface area contributed by atoms with Gasteiger partial charge in [0.25, 0.3) is 0 Å². The van der Waals surface area contributed by atoms with Crippen LogP contribution in [0.3, 0.4) is 0 Å². The summed E-state index contributed by atoms with van der Waals surface area (Å²) in [7, 11) is 0. The van der Waals surface area contributed by atoms with Crippen molar-refractivity contribution in [3.63, 3.8) is 0 Å². The van der Waals surface area contributed by atoms with Crippen molar-refractivity contribution in [2.24, 2.45) is 0 Å². The maximum absolute atomic E-state index is 10.1. The zero-order valence-electron chi connectivity index (χ0n) is 5.90. The summed E-state index contributed by atoms with van der Waals surface area (Å²) in [6.45, 7) is 1.78. The standard InChI is InChI=1S/C6H7N3O2/c1-4-2-8-5(3-7-4)9-6(10)11/h2-3H,1H3,(H,8,9)(H,10,11). The van der Waals surface area contributed by atoms with Gasteiger partial charge in [0.1, 0.15) is 0 Å². The number of rotatable bonds is 1. The highest BCUT2D eigenvalue weighted by molar-refractivity contribution is 5.80. The average Bonchev–Trinajstić information content (AvgIpc) is 1.93. The van der Waals surface area contributed by atoms with Crippen molar-refractivity contribution in [2.45, 2.75) is 6.92 Å². The zero-order valence-corrected chi connectivity index (χ0v) is 5.90. The molecule has 0 aliphatic rings. The summed E-state index contributed by atoms with van der Waals surface area (Å²) in [5.74, 6) is 0.239. The number of nitrogens with one attached hydrogen (secondary N) is 1. The number of aromatic nitrogens is 2. The first-order chi connectivity index (χ1) is 5.18. The van der Waals surface area contributed by atoms with Crippen LogP contribution in [-0.2, 0) is 0 Å². The third-order valence-corrected chi connectivity index (χ3v) is 1.02. The molecule has 1 aromatic rings. The molecule has 1 heterocycles. The molecular weight excluding hydrogens is 146 g/mol. The normalized spacial score (nSPS) is 9.18. The Morgan fingerprint density at radius 1 is 1.55 bits per heavy atom. The van der Waals surface area contributed by atoms with Gasteiger partial charge in [-0.3, -0.25) is 10.3 Å². The molecule has 0 atom stereocenters. The third kappa shape index (κ3) is 2.21. The van der Waals surface area contributed by atoms with E-state index >= 15 is 0 Å². The molecular formula is C6H7N3O2. The first-order valence-corrected chi connectivity index (χ1v) is 2.97. The van der Waals surface area contributed by atoms with E-state index in [1.165, 1.54) is 12.4 Å². The highest BCUT2D eigenvalue weighted by Gasteiger charge is 1.97. The van der Waals surface area contributed by atoms with Gasteiger partial charge in [0.2, 0.25) is 0 Å². The zero-order chi connectivity index (χ0) is 8.27. The lowest BCUT2D eigenvalue weighted by atomic mass is 10.5. The van der Waals surface area contributed by atoms with Crippen LogP contribution in [0.2, 0.25) is 0 Å². The number of hydrogen-bond acceptors (Lipinski definition) is 3. The molecule has 5 heteroatoms. The molecule has 0 aromatic carbocycles. The van der Waals surface area contributed by atoms with E-state index in [0.29, 0.717) is 0 Å². The smallest absolute Gasteiger partial charge is 0.410 e. The molecule has 0 aliphatic carbocycles. The van der Waals surface area contributed by atoms with E-state index in [2.05, 4.69) is 15.3 Å². The van der Waals surface area contributed by atoms with Gasteiger partial charge in [-0.25, -0.2) is 9.78 Å². The Labute approximate surface area is 63.1 Å². The second-order valence-corrected chi connectivity index (χ2v) is 1.97. The average molecular weight is 153 g/mol. The van der Waals surface area contributed by atoms with Crippen molar-refractivity contribution in [3.05, 3.63) is 18.1 Å². The molecule has 0 fully saturated rings. The fourth-order valence-corrected chi connectivity index (χ4v) is 0.567. The van der Waals surface area contributed by atoms with Crippen LogP contribution < -0.4 is 5.32 Å². The highest BCUT2D eigenvalue weighted by atomic mass is 16.4. The van der Waals surface area contributed by atoms with Crippen LogP contribution in [0.1, 0.15) is 5.69 Å². The number of anilines is 1. The topological polar surface area (TPSA) is 75.1 Å². The van der Waals surface area contributed by atoms with E-state index in [0.717, 1.165) is 5.69 Å². The van der Waals surface area contributed by atoms with Gasteiger partial charge >= 0.3 is 6.09 Å². The number of nitrogens with zero attached hydrogens (tertiary/aromatic N) is 2. The van der Waals surface area contributed by atoms with Crippen LogP contribution in [0.15, 0.2) is 12.4 Å². The molecule has 5 nitrogen and oxygen atoms in total. The SMILES string of the molecule is Cc1cnc(NC(=O)O)cn1. The monoisotopic (exact) mass is 153 g/mol. The molecule has 0 unspecified atom stereocenters. The molecule has 0 bridgehead atoms. The van der Waals surface area contributed by atoms with Crippen LogP contribution in [0, 0.1) is 6.92 Å². The lowest BCUT2D eigenvalue weighted by Gasteiger charge is -1.97. The van der Waals surface area contributed by atoms with Gasteiger partial charge in [0.05, 0.1) is 18.1 Å². The van der Waals surface area contributed by atoms with Gasteiger partial charge in [-0.15, -0.1) is 0 Å². The Kier molecular flexibility index (Phi) is 2.00. The number of amides is 1. The predicted octanol–water partition coefficient (Wildman–Crippen LogP) is 0.875. The molecule has 1 aromatic heterocycles. The highest BCUT2D eigenvalue weighted by Crippen LogP contribution is 1.98. The molecule has 0 saturated carbocycles. The van der Waals surface area contributed by atoms with E-state index in [1.807, 2.05) is 0 Å². The number of carboxylic acid groups (broad SMARTS) is 1. The van der Waals surface area contributed by atoms with Crippen LogP contribution in [-0.4, -0.2) is 21.2 Å². The summed E-state index contributed by atoms with van der Waals surface area (Å²) in [4.78, 5) is 17.7. The van der Waals surface area contributed by atoms with Crippen LogP contribution in [0.5, 0.6) is 0 Å². The minimum atomic E-state index is -1.14. The number of carbonyl (C=O) groups is 1. The van der Waals surface area contributed by atoms with Crippen LogP contribution >= 0.6 is 0 Å². The first kappa shape index (κ1) is 7.46. The fourth-order valence-electron chi connectivity index (χ4n) is 0.567. The van der Waals surface area contributed by atoms with Crippen molar-refractivity contribution in [3.8, 4) is 0 Å². The molecule has 2 N–H and O–H groups in total. The summed E-state index contributed by atoms with van der Waals surface area (Å²) >= 11 is 0. The molecule has 11 heavy (non-hydrogen) atoms.